The molecule has 0 aromatic heterocycles. The van der Waals surface area contributed by atoms with Gasteiger partial charge in [-0.25, -0.2) is 10.6 Å². The Kier molecular flexibility index (Phi) is 9.42. The molecule has 7 nitrogen and oxygen atoms in total. The molecule has 0 fully saturated rings. The van der Waals surface area contributed by atoms with Crippen LogP contribution in [0.4, 0.5) is 0 Å². The zero-order valence-electron chi connectivity index (χ0n) is 20.3. The normalized spacial score (nSPS) is 14.1. The molecule has 0 saturated heterocycles. The summed E-state index contributed by atoms with van der Waals surface area (Å²) in [5, 5.41) is 15.6. The fourth-order valence-electron chi connectivity index (χ4n) is 3.39. The van der Waals surface area contributed by atoms with E-state index >= 15 is 0 Å². The summed E-state index contributed by atoms with van der Waals surface area (Å²) in [5.41, 5.74) is -1.87. The number of carboxylic acids is 1. The third kappa shape index (κ3) is 6.31. The Bertz CT molecular complexity index is 877. The second-order valence-corrected chi connectivity index (χ2v) is 8.76. The van der Waals surface area contributed by atoms with Crippen LogP contribution in [0.25, 0.3) is 0 Å². The van der Waals surface area contributed by atoms with E-state index in [9.17, 15) is 9.90 Å². The lowest BCUT2D eigenvalue weighted by molar-refractivity contribution is -0.172. The van der Waals surface area contributed by atoms with Crippen molar-refractivity contribution in [1.82, 2.24) is 5.01 Å². The molecule has 0 spiro atoms. The lowest BCUT2D eigenvalue weighted by atomic mass is 9.87. The van der Waals surface area contributed by atoms with E-state index in [1.807, 2.05) is 88.4 Å². The van der Waals surface area contributed by atoms with Gasteiger partial charge in [0.05, 0.1) is 11.1 Å². The summed E-state index contributed by atoms with van der Waals surface area (Å²) in [6.45, 7) is 13.1. The molecular weight excluding hydrogens is 404 g/mol. The lowest BCUT2D eigenvalue weighted by Crippen LogP contribution is -2.65. The van der Waals surface area contributed by atoms with Gasteiger partial charge >= 0.3 is 5.97 Å². The summed E-state index contributed by atoms with van der Waals surface area (Å²) in [7, 11) is 0. The zero-order chi connectivity index (χ0) is 24.6. The van der Waals surface area contributed by atoms with Crippen LogP contribution in [0.15, 0.2) is 65.8 Å². The number of carbonyl (C=O) groups is 1. The maximum atomic E-state index is 12.7. The number of hydrazone groups is 1. The van der Waals surface area contributed by atoms with E-state index in [2.05, 4.69) is 5.10 Å². The van der Waals surface area contributed by atoms with Crippen LogP contribution in [0.3, 0.4) is 0 Å². The summed E-state index contributed by atoms with van der Waals surface area (Å²) >= 11 is 0. The van der Waals surface area contributed by atoms with Crippen LogP contribution >= 0.6 is 0 Å². The predicted molar refractivity (Wildman–Crippen MR) is 130 cm³/mol. The Balaban J connectivity index is 0.00000249. The van der Waals surface area contributed by atoms with Crippen molar-refractivity contribution in [2.75, 3.05) is 0 Å². The number of amidine groups is 1. The van der Waals surface area contributed by atoms with Crippen LogP contribution in [0.2, 0.25) is 0 Å². The molecule has 2 aromatic rings. The van der Waals surface area contributed by atoms with Gasteiger partial charge in [-0.3, -0.25) is 5.01 Å². The van der Waals surface area contributed by atoms with Gasteiger partial charge in [-0.1, -0.05) is 74.5 Å². The van der Waals surface area contributed by atoms with E-state index in [1.165, 1.54) is 5.01 Å². The molecule has 0 amide bonds. The van der Waals surface area contributed by atoms with Crippen LogP contribution in [0.5, 0.6) is 0 Å². The molecule has 1 unspecified atom stereocenters. The molecule has 7 heteroatoms. The van der Waals surface area contributed by atoms with Crippen molar-refractivity contribution >= 4 is 11.8 Å². The van der Waals surface area contributed by atoms with Crippen LogP contribution in [0, 0.1) is 0 Å². The molecule has 0 aliphatic heterocycles. The maximum absolute atomic E-state index is 12.7. The van der Waals surface area contributed by atoms with E-state index in [1.54, 1.807) is 20.8 Å². The van der Waals surface area contributed by atoms with Gasteiger partial charge in [0.1, 0.15) is 0 Å². The first-order chi connectivity index (χ1) is 14.9. The van der Waals surface area contributed by atoms with Crippen LogP contribution in [0.1, 0.15) is 59.6 Å². The molecule has 0 saturated carbocycles. The van der Waals surface area contributed by atoms with Crippen molar-refractivity contribution in [3.05, 3.63) is 71.8 Å². The molecule has 0 aliphatic carbocycles. The number of ether oxygens (including phenoxy) is 1. The Morgan fingerprint density at radius 2 is 1.44 bits per heavy atom. The maximum Gasteiger partial charge on any atom is 0.344 e. The first-order valence-corrected chi connectivity index (χ1v) is 10.8. The summed E-state index contributed by atoms with van der Waals surface area (Å²) in [4.78, 5) is 12.7. The Labute approximate surface area is 192 Å². The molecule has 32 heavy (non-hydrogen) atoms. The van der Waals surface area contributed by atoms with E-state index in [0.717, 1.165) is 11.1 Å². The van der Waals surface area contributed by atoms with E-state index < -0.39 is 22.7 Å². The monoisotopic (exact) mass is 442 g/mol. The molecule has 0 aliphatic rings. The second kappa shape index (κ2) is 11.1. The number of carboxylic acid groups (broad SMARTS) is 1. The third-order valence-corrected chi connectivity index (χ3v) is 4.92. The van der Waals surface area contributed by atoms with E-state index in [-0.39, 0.29) is 12.3 Å². The quantitative estimate of drug-likeness (QED) is 0.255. The van der Waals surface area contributed by atoms with Crippen molar-refractivity contribution in [2.24, 2.45) is 16.8 Å². The highest BCUT2D eigenvalue weighted by molar-refractivity contribution is 6.08. The number of nitrogens with two attached hydrogens (primary N) is 2. The van der Waals surface area contributed by atoms with Gasteiger partial charge in [0.15, 0.2) is 5.84 Å². The van der Waals surface area contributed by atoms with E-state index in [0.29, 0.717) is 0 Å². The molecule has 0 bridgehead atoms. The standard InChI is InChI=1S/C23H32N4O3.C2H6/c1-21(2,3)30-23(20(28)29,16-17-12-8-6-9-13-17)19(26-24)27(25)22(4,5)18-14-10-7-11-15-18;1-2/h6-15H,16,24-25H2,1-5H3,(H,28,29);1-2H3/b26-19-;. The van der Waals surface area contributed by atoms with Crippen molar-refractivity contribution in [3.8, 4) is 0 Å². The molecule has 0 heterocycles. The molecule has 1 atom stereocenters. The number of hydrazine groups is 1. The minimum atomic E-state index is -1.89. The van der Waals surface area contributed by atoms with Gasteiger partial charge in [-0.05, 0) is 45.7 Å². The number of aliphatic carboxylic acids is 1. The van der Waals surface area contributed by atoms with Gasteiger partial charge in [-0.15, -0.1) is 0 Å². The second-order valence-electron chi connectivity index (χ2n) is 8.76. The van der Waals surface area contributed by atoms with Crippen LogP contribution in [-0.2, 0) is 21.5 Å². The molecular formula is C25H38N4O3. The molecule has 5 N–H and O–H groups in total. The van der Waals surface area contributed by atoms with Crippen molar-refractivity contribution in [2.45, 2.75) is 71.6 Å². The summed E-state index contributed by atoms with van der Waals surface area (Å²) < 4.78 is 6.16. The number of rotatable bonds is 7. The molecule has 176 valence electrons. The summed E-state index contributed by atoms with van der Waals surface area (Å²) in [6, 6.07) is 18.7. The number of nitrogens with zero attached hydrogens (tertiary/aromatic N) is 2. The highest BCUT2D eigenvalue weighted by atomic mass is 16.5. The highest BCUT2D eigenvalue weighted by Gasteiger charge is 2.52. The summed E-state index contributed by atoms with van der Waals surface area (Å²) in [5.74, 6) is 11.0. The Morgan fingerprint density at radius 3 is 1.84 bits per heavy atom. The SMILES string of the molecule is CC.CC(C)(C)OC(Cc1ccccc1)(C(=O)O)/C(=N/N)N(N)C(C)(C)c1ccccc1. The Morgan fingerprint density at radius 1 is 0.969 bits per heavy atom. The first-order valence-electron chi connectivity index (χ1n) is 10.8. The highest BCUT2D eigenvalue weighted by Crippen LogP contribution is 2.33. The van der Waals surface area contributed by atoms with Crippen molar-refractivity contribution < 1.29 is 14.6 Å². The fraction of sp³-hybridized carbons (Fsp3) is 0.440. The molecule has 2 rings (SSSR count). The van der Waals surface area contributed by atoms with Gasteiger partial charge < -0.3 is 15.7 Å². The fourth-order valence-corrected chi connectivity index (χ4v) is 3.39. The lowest BCUT2D eigenvalue weighted by Gasteiger charge is -2.44. The number of benzene rings is 2. The number of hydrogen-bond acceptors (Lipinski definition) is 5. The minimum Gasteiger partial charge on any atom is -0.479 e. The first kappa shape index (κ1) is 27.1. The van der Waals surface area contributed by atoms with Crippen molar-refractivity contribution in [3.63, 3.8) is 0 Å². The zero-order valence-corrected chi connectivity index (χ0v) is 20.3. The average Bonchev–Trinajstić information content (AvgIpc) is 2.75. The Hall–Kier alpha value is -2.90. The largest absolute Gasteiger partial charge is 0.479 e. The smallest absolute Gasteiger partial charge is 0.344 e. The van der Waals surface area contributed by atoms with Crippen LogP contribution in [-0.4, -0.2) is 33.1 Å². The molecule has 0 radical (unpaired) electrons. The van der Waals surface area contributed by atoms with Gasteiger partial charge in [0, 0.05) is 6.42 Å². The van der Waals surface area contributed by atoms with Crippen LogP contribution < -0.4 is 11.7 Å². The van der Waals surface area contributed by atoms with Gasteiger partial charge in [-0.2, -0.15) is 5.10 Å². The van der Waals surface area contributed by atoms with Gasteiger partial charge in [0.2, 0.25) is 5.60 Å². The predicted octanol–water partition coefficient (Wildman–Crippen LogP) is 4.28. The topological polar surface area (TPSA) is 114 Å². The number of hydrogen-bond donors (Lipinski definition) is 3. The van der Waals surface area contributed by atoms with Crippen molar-refractivity contribution in [1.29, 1.82) is 0 Å². The average molecular weight is 443 g/mol. The molecule has 2 aromatic carbocycles. The third-order valence-electron chi connectivity index (χ3n) is 4.92. The van der Waals surface area contributed by atoms with Gasteiger partial charge in [0.25, 0.3) is 0 Å². The van der Waals surface area contributed by atoms with E-state index in [4.69, 9.17) is 16.4 Å². The minimum absolute atomic E-state index is 0.00897. The summed E-state index contributed by atoms with van der Waals surface area (Å²) in [6.07, 6.45) is 0.00897.